The summed E-state index contributed by atoms with van der Waals surface area (Å²) in [6.07, 6.45) is 1.74. The molecule has 4 aromatic rings. The number of methoxy groups -OCH3 is 1. The number of pyridine rings is 1. The third-order valence-corrected chi connectivity index (χ3v) is 5.26. The first-order valence-corrected chi connectivity index (χ1v) is 10.0. The van der Waals surface area contributed by atoms with E-state index < -0.39 is 0 Å². The van der Waals surface area contributed by atoms with Crippen LogP contribution in [0.2, 0.25) is 0 Å². The van der Waals surface area contributed by atoms with Crippen molar-refractivity contribution >= 4 is 22.9 Å². The maximum absolute atomic E-state index is 6.10. The summed E-state index contributed by atoms with van der Waals surface area (Å²) >= 11 is 1.78. The molecule has 2 aromatic heterocycles. The Kier molecular flexibility index (Phi) is 5.48. The number of nitrogens with one attached hydrogen (secondary N) is 1. The molecule has 0 fully saturated rings. The van der Waals surface area contributed by atoms with Crippen molar-refractivity contribution < 1.29 is 9.47 Å². The molecule has 0 saturated carbocycles. The van der Waals surface area contributed by atoms with E-state index in [0.717, 1.165) is 34.2 Å². The summed E-state index contributed by atoms with van der Waals surface area (Å²) in [5, 5.41) is 0. The van der Waals surface area contributed by atoms with Crippen LogP contribution >= 0.6 is 11.8 Å². The molecule has 0 unspecified atom stereocenters. The van der Waals surface area contributed by atoms with E-state index in [-0.39, 0.29) is 0 Å². The summed E-state index contributed by atoms with van der Waals surface area (Å²) in [7, 11) is 1.65. The van der Waals surface area contributed by atoms with Crippen LogP contribution in [-0.4, -0.2) is 34.4 Å². The van der Waals surface area contributed by atoms with Crippen LogP contribution in [0, 0.1) is 6.92 Å². The molecule has 0 bridgehead atoms. The Labute approximate surface area is 168 Å². The van der Waals surface area contributed by atoms with Gasteiger partial charge >= 0.3 is 0 Å². The second kappa shape index (κ2) is 8.35. The standard InChI is InChI=1S/C22H21N3O2S/c1-15-5-3-6-17(13-15)28-12-11-27-20-14-16(26-2)8-9-18(20)21-24-19-7-4-10-23-22(19)25-21/h3-10,13-14H,11-12H2,1-2H3,(H,23,24,25). The number of aryl methyl sites for hydroxylation is 1. The zero-order chi connectivity index (χ0) is 19.3. The SMILES string of the molecule is COc1ccc(-c2nc3ncccc3[nH]2)c(OCCSc2cccc(C)c2)c1. The number of nitrogens with zero attached hydrogens (tertiary/aromatic N) is 2. The van der Waals surface area contributed by atoms with Crippen molar-refractivity contribution in [1.82, 2.24) is 15.0 Å². The van der Waals surface area contributed by atoms with Gasteiger partial charge in [0, 0.05) is 22.9 Å². The number of hydrogen-bond donors (Lipinski definition) is 1. The molecule has 0 saturated heterocycles. The van der Waals surface area contributed by atoms with Crippen molar-refractivity contribution in [2.75, 3.05) is 19.5 Å². The average molecular weight is 391 g/mol. The highest BCUT2D eigenvalue weighted by Gasteiger charge is 2.13. The van der Waals surface area contributed by atoms with Crippen LogP contribution < -0.4 is 9.47 Å². The van der Waals surface area contributed by atoms with Crippen LogP contribution in [0.25, 0.3) is 22.6 Å². The van der Waals surface area contributed by atoms with Crippen LogP contribution in [0.5, 0.6) is 11.5 Å². The summed E-state index contributed by atoms with van der Waals surface area (Å²) in [6, 6.07) is 18.1. The van der Waals surface area contributed by atoms with Gasteiger partial charge in [0.1, 0.15) is 17.3 Å². The lowest BCUT2D eigenvalue weighted by Crippen LogP contribution is -2.02. The van der Waals surface area contributed by atoms with Crippen molar-refractivity contribution in [3.63, 3.8) is 0 Å². The molecule has 0 radical (unpaired) electrons. The summed E-state index contributed by atoms with van der Waals surface area (Å²) in [5.41, 5.74) is 3.74. The van der Waals surface area contributed by atoms with Crippen molar-refractivity contribution in [2.45, 2.75) is 11.8 Å². The third kappa shape index (κ3) is 4.12. The Balaban J connectivity index is 1.52. The van der Waals surface area contributed by atoms with E-state index in [1.807, 2.05) is 30.3 Å². The monoisotopic (exact) mass is 391 g/mol. The molecule has 0 aliphatic heterocycles. The van der Waals surface area contributed by atoms with Crippen molar-refractivity contribution in [3.8, 4) is 22.9 Å². The molecule has 6 heteroatoms. The maximum Gasteiger partial charge on any atom is 0.178 e. The minimum Gasteiger partial charge on any atom is -0.497 e. The second-order valence-electron chi connectivity index (χ2n) is 6.34. The summed E-state index contributed by atoms with van der Waals surface area (Å²) in [5.74, 6) is 3.07. The Morgan fingerprint density at radius 2 is 2.00 bits per heavy atom. The highest BCUT2D eigenvalue weighted by atomic mass is 32.2. The second-order valence-corrected chi connectivity index (χ2v) is 7.50. The highest BCUT2D eigenvalue weighted by Crippen LogP contribution is 2.33. The lowest BCUT2D eigenvalue weighted by molar-refractivity contribution is 0.341. The molecular weight excluding hydrogens is 370 g/mol. The van der Waals surface area contributed by atoms with E-state index >= 15 is 0 Å². The first-order valence-electron chi connectivity index (χ1n) is 9.04. The number of ether oxygens (including phenoxy) is 2. The topological polar surface area (TPSA) is 60.0 Å². The van der Waals surface area contributed by atoms with Crippen molar-refractivity contribution in [3.05, 3.63) is 66.4 Å². The predicted molar refractivity (Wildman–Crippen MR) is 113 cm³/mol. The van der Waals surface area contributed by atoms with Crippen LogP contribution in [0.4, 0.5) is 0 Å². The number of thioether (sulfide) groups is 1. The average Bonchev–Trinajstić information content (AvgIpc) is 3.15. The van der Waals surface area contributed by atoms with E-state index in [1.54, 1.807) is 25.1 Å². The van der Waals surface area contributed by atoms with Gasteiger partial charge < -0.3 is 14.5 Å². The minimum absolute atomic E-state index is 0.581. The number of aromatic nitrogens is 3. The Morgan fingerprint density at radius 1 is 1.07 bits per heavy atom. The largest absolute Gasteiger partial charge is 0.497 e. The molecule has 142 valence electrons. The number of aromatic amines is 1. The number of imidazole rings is 1. The van der Waals surface area contributed by atoms with Crippen LogP contribution in [0.3, 0.4) is 0 Å². The number of hydrogen-bond acceptors (Lipinski definition) is 5. The van der Waals surface area contributed by atoms with Gasteiger partial charge in [0.2, 0.25) is 0 Å². The summed E-state index contributed by atoms with van der Waals surface area (Å²) in [4.78, 5) is 13.4. The molecule has 0 spiro atoms. The molecule has 0 amide bonds. The fourth-order valence-corrected chi connectivity index (χ4v) is 3.78. The number of benzene rings is 2. The lowest BCUT2D eigenvalue weighted by Gasteiger charge is -2.12. The van der Waals surface area contributed by atoms with Crippen LogP contribution in [0.15, 0.2) is 65.7 Å². The van der Waals surface area contributed by atoms with Gasteiger partial charge in [0.15, 0.2) is 5.65 Å². The molecule has 0 aliphatic carbocycles. The van der Waals surface area contributed by atoms with Gasteiger partial charge in [-0.05, 0) is 43.3 Å². The van der Waals surface area contributed by atoms with E-state index in [0.29, 0.717) is 12.3 Å². The van der Waals surface area contributed by atoms with E-state index in [2.05, 4.69) is 46.1 Å². The van der Waals surface area contributed by atoms with Gasteiger partial charge in [-0.2, -0.15) is 0 Å². The first kappa shape index (κ1) is 18.4. The molecule has 1 N–H and O–H groups in total. The molecule has 28 heavy (non-hydrogen) atoms. The molecule has 0 aliphatic rings. The van der Waals surface area contributed by atoms with Gasteiger partial charge in [-0.25, -0.2) is 9.97 Å². The fraction of sp³-hybridized carbons (Fsp3) is 0.182. The normalized spacial score (nSPS) is 10.9. The number of fused-ring (bicyclic) bond motifs is 1. The van der Waals surface area contributed by atoms with Gasteiger partial charge in [0.25, 0.3) is 0 Å². The molecule has 2 heterocycles. The Hall–Kier alpha value is -2.99. The smallest absolute Gasteiger partial charge is 0.178 e. The van der Waals surface area contributed by atoms with Crippen molar-refractivity contribution in [1.29, 1.82) is 0 Å². The predicted octanol–water partition coefficient (Wildman–Crippen LogP) is 5.11. The fourth-order valence-electron chi connectivity index (χ4n) is 2.93. The quantitative estimate of drug-likeness (QED) is 0.350. The first-order chi connectivity index (χ1) is 13.7. The third-order valence-electron chi connectivity index (χ3n) is 4.30. The van der Waals surface area contributed by atoms with E-state index in [4.69, 9.17) is 9.47 Å². The van der Waals surface area contributed by atoms with Crippen LogP contribution in [-0.2, 0) is 0 Å². The number of H-pyrrole nitrogens is 1. The Bertz CT molecular complexity index is 1060. The molecule has 4 rings (SSSR count). The molecular formula is C22H21N3O2S. The molecule has 2 aromatic carbocycles. The van der Waals surface area contributed by atoms with E-state index in [1.165, 1.54) is 10.5 Å². The zero-order valence-corrected chi connectivity index (χ0v) is 16.6. The highest BCUT2D eigenvalue weighted by molar-refractivity contribution is 7.99. The molecule has 5 nitrogen and oxygen atoms in total. The van der Waals surface area contributed by atoms with Gasteiger partial charge in [-0.15, -0.1) is 11.8 Å². The molecule has 0 atom stereocenters. The minimum atomic E-state index is 0.581. The van der Waals surface area contributed by atoms with Gasteiger partial charge in [-0.1, -0.05) is 17.7 Å². The lowest BCUT2D eigenvalue weighted by atomic mass is 10.2. The number of rotatable bonds is 7. The zero-order valence-electron chi connectivity index (χ0n) is 15.8. The summed E-state index contributed by atoms with van der Waals surface area (Å²) in [6.45, 7) is 2.68. The van der Waals surface area contributed by atoms with Gasteiger partial charge in [-0.3, -0.25) is 0 Å². The summed E-state index contributed by atoms with van der Waals surface area (Å²) < 4.78 is 11.5. The maximum atomic E-state index is 6.10. The Morgan fingerprint density at radius 3 is 2.82 bits per heavy atom. The van der Waals surface area contributed by atoms with E-state index in [9.17, 15) is 0 Å². The van der Waals surface area contributed by atoms with Crippen molar-refractivity contribution in [2.24, 2.45) is 0 Å². The van der Waals surface area contributed by atoms with Crippen LogP contribution in [0.1, 0.15) is 5.56 Å². The van der Waals surface area contributed by atoms with Gasteiger partial charge in [0.05, 0.1) is 24.8 Å².